The van der Waals surface area contributed by atoms with E-state index in [9.17, 15) is 0 Å². The molecule has 2 aromatic carbocycles. The Labute approximate surface area is 167 Å². The first-order valence-corrected chi connectivity index (χ1v) is 9.30. The van der Waals surface area contributed by atoms with Crippen LogP contribution in [0.5, 0.6) is 0 Å². The number of fused-ring (bicyclic) bond motifs is 3. The molecule has 0 amide bonds. The third-order valence-corrected chi connectivity index (χ3v) is 5.16. The summed E-state index contributed by atoms with van der Waals surface area (Å²) in [6.07, 6.45) is 3.48. The second kappa shape index (κ2) is 6.80. The van der Waals surface area contributed by atoms with Gasteiger partial charge in [0.25, 0.3) is 0 Å². The van der Waals surface area contributed by atoms with Gasteiger partial charge in [-0.25, -0.2) is 9.67 Å². The van der Waals surface area contributed by atoms with Gasteiger partial charge in [-0.05, 0) is 42.3 Å². The van der Waals surface area contributed by atoms with Crippen LogP contribution in [0.1, 0.15) is 24.2 Å². The second-order valence-electron chi connectivity index (χ2n) is 6.89. The van der Waals surface area contributed by atoms with E-state index in [4.69, 9.17) is 5.26 Å². The van der Waals surface area contributed by atoms with Crippen molar-refractivity contribution in [1.82, 2.24) is 25.0 Å². The summed E-state index contributed by atoms with van der Waals surface area (Å²) in [5, 5.41) is 18.7. The molecule has 5 rings (SSSR count). The van der Waals surface area contributed by atoms with Gasteiger partial charge in [0.15, 0.2) is 0 Å². The van der Waals surface area contributed by atoms with Crippen LogP contribution in [-0.2, 0) is 0 Å². The molecule has 0 unspecified atom stereocenters. The molecule has 0 aliphatic carbocycles. The van der Waals surface area contributed by atoms with E-state index in [0.29, 0.717) is 5.69 Å². The highest BCUT2D eigenvalue weighted by molar-refractivity contribution is 6.03. The lowest BCUT2D eigenvalue weighted by molar-refractivity contribution is 0.561. The van der Waals surface area contributed by atoms with Crippen molar-refractivity contribution < 1.29 is 0 Å². The minimum atomic E-state index is 0.0343. The van der Waals surface area contributed by atoms with Crippen LogP contribution in [0.25, 0.3) is 33.1 Å². The highest BCUT2D eigenvalue weighted by Gasteiger charge is 2.16. The summed E-state index contributed by atoms with van der Waals surface area (Å²) >= 11 is 0. The highest BCUT2D eigenvalue weighted by atomic mass is 15.4. The molecule has 6 heteroatoms. The number of aromatic nitrogens is 5. The summed E-state index contributed by atoms with van der Waals surface area (Å²) in [7, 11) is 0. The largest absolute Gasteiger partial charge is 0.254 e. The van der Waals surface area contributed by atoms with Crippen LogP contribution in [0.15, 0.2) is 73.1 Å². The van der Waals surface area contributed by atoms with Gasteiger partial charge in [0.1, 0.15) is 22.8 Å². The number of nitrogens with zero attached hydrogens (tertiary/aromatic N) is 6. The van der Waals surface area contributed by atoms with Crippen molar-refractivity contribution in [3.63, 3.8) is 0 Å². The number of hydrogen-bond acceptors (Lipinski definition) is 5. The minimum Gasteiger partial charge on any atom is -0.254 e. The first-order valence-electron chi connectivity index (χ1n) is 9.30. The fraction of sp³-hybridized carbons (Fsp3) is 0.0870. The lowest BCUT2D eigenvalue weighted by atomic mass is 10.0. The molecule has 138 valence electrons. The SMILES string of the molecule is C[C@@H](c1ccccc1)n1nnc2cnc3ccc(-c4ccc(C#N)nc4)cc3c21. The topological polar surface area (TPSA) is 80.3 Å². The third kappa shape index (κ3) is 2.89. The Balaban J connectivity index is 1.70. The molecular formula is C23H16N6. The third-order valence-electron chi connectivity index (χ3n) is 5.16. The molecule has 5 aromatic rings. The van der Waals surface area contributed by atoms with E-state index >= 15 is 0 Å². The van der Waals surface area contributed by atoms with Crippen molar-refractivity contribution in [2.45, 2.75) is 13.0 Å². The van der Waals surface area contributed by atoms with Crippen molar-refractivity contribution in [2.24, 2.45) is 0 Å². The molecule has 0 spiro atoms. The van der Waals surface area contributed by atoms with E-state index < -0.39 is 0 Å². The quantitative estimate of drug-likeness (QED) is 0.462. The fourth-order valence-corrected chi connectivity index (χ4v) is 3.58. The number of nitriles is 1. The first-order chi connectivity index (χ1) is 14.2. The van der Waals surface area contributed by atoms with E-state index in [-0.39, 0.29) is 6.04 Å². The fourth-order valence-electron chi connectivity index (χ4n) is 3.58. The normalized spacial score (nSPS) is 12.1. The molecule has 0 bridgehead atoms. The predicted octanol–water partition coefficient (Wildman–Crippen LogP) is 4.52. The molecular weight excluding hydrogens is 360 g/mol. The van der Waals surface area contributed by atoms with Gasteiger partial charge < -0.3 is 0 Å². The van der Waals surface area contributed by atoms with Gasteiger partial charge in [-0.3, -0.25) is 4.98 Å². The maximum Gasteiger partial charge on any atom is 0.140 e. The van der Waals surface area contributed by atoms with Gasteiger partial charge in [-0.2, -0.15) is 5.26 Å². The van der Waals surface area contributed by atoms with Crippen LogP contribution in [-0.4, -0.2) is 25.0 Å². The molecule has 6 nitrogen and oxygen atoms in total. The summed E-state index contributed by atoms with van der Waals surface area (Å²) in [6, 6.07) is 22.1. The monoisotopic (exact) mass is 376 g/mol. The van der Waals surface area contributed by atoms with E-state index in [2.05, 4.69) is 51.5 Å². The molecule has 0 saturated carbocycles. The summed E-state index contributed by atoms with van der Waals surface area (Å²) in [5.74, 6) is 0. The van der Waals surface area contributed by atoms with Gasteiger partial charge in [0.2, 0.25) is 0 Å². The standard InChI is InChI=1S/C23H16N6/c1-15(16-5-3-2-4-6-16)29-23-20-11-17(18-7-9-19(12-24)25-13-18)8-10-21(20)26-14-22(23)27-28-29/h2-11,13-15H,1H3/t15-/m0/s1. The molecule has 3 aromatic heterocycles. The zero-order valence-corrected chi connectivity index (χ0v) is 15.7. The average Bonchev–Trinajstić information content (AvgIpc) is 3.23. The van der Waals surface area contributed by atoms with Gasteiger partial charge in [0, 0.05) is 17.1 Å². The first kappa shape index (κ1) is 17.0. The number of pyridine rings is 2. The number of benzene rings is 2. The molecule has 1 atom stereocenters. The minimum absolute atomic E-state index is 0.0343. The van der Waals surface area contributed by atoms with Crippen LogP contribution in [0.2, 0.25) is 0 Å². The Hall–Kier alpha value is -4.11. The molecule has 0 fully saturated rings. The molecule has 0 N–H and O–H groups in total. The molecule has 0 aliphatic heterocycles. The maximum absolute atomic E-state index is 8.97. The Morgan fingerprint density at radius 2 is 1.72 bits per heavy atom. The molecule has 3 heterocycles. The zero-order chi connectivity index (χ0) is 19.8. The second-order valence-corrected chi connectivity index (χ2v) is 6.89. The summed E-state index contributed by atoms with van der Waals surface area (Å²) in [4.78, 5) is 8.73. The lowest BCUT2D eigenvalue weighted by Crippen LogP contribution is -2.08. The van der Waals surface area contributed by atoms with E-state index in [1.54, 1.807) is 18.5 Å². The van der Waals surface area contributed by atoms with Crippen LogP contribution in [0.4, 0.5) is 0 Å². The molecule has 0 radical (unpaired) electrons. The van der Waals surface area contributed by atoms with E-state index in [0.717, 1.165) is 38.6 Å². The van der Waals surface area contributed by atoms with Gasteiger partial charge in [-0.1, -0.05) is 41.6 Å². The average molecular weight is 376 g/mol. The predicted molar refractivity (Wildman–Crippen MR) is 111 cm³/mol. The van der Waals surface area contributed by atoms with Crippen molar-refractivity contribution in [3.8, 4) is 17.2 Å². The maximum atomic E-state index is 8.97. The Kier molecular flexibility index (Phi) is 3.99. The Bertz CT molecular complexity index is 1360. The Morgan fingerprint density at radius 3 is 2.48 bits per heavy atom. The smallest absolute Gasteiger partial charge is 0.140 e. The van der Waals surface area contributed by atoms with Crippen molar-refractivity contribution >= 4 is 21.9 Å². The molecule has 0 aliphatic rings. The zero-order valence-electron chi connectivity index (χ0n) is 15.7. The number of rotatable bonds is 3. The molecule has 0 saturated heterocycles. The van der Waals surface area contributed by atoms with E-state index in [1.807, 2.05) is 41.1 Å². The highest BCUT2D eigenvalue weighted by Crippen LogP contribution is 2.30. The van der Waals surface area contributed by atoms with Crippen LogP contribution in [0.3, 0.4) is 0 Å². The van der Waals surface area contributed by atoms with Gasteiger partial charge in [0.05, 0.1) is 17.8 Å². The molecule has 29 heavy (non-hydrogen) atoms. The summed E-state index contributed by atoms with van der Waals surface area (Å²) in [5.41, 5.74) is 6.10. The van der Waals surface area contributed by atoms with Crippen molar-refractivity contribution in [1.29, 1.82) is 5.26 Å². The van der Waals surface area contributed by atoms with Crippen LogP contribution >= 0.6 is 0 Å². The van der Waals surface area contributed by atoms with Gasteiger partial charge in [-0.15, -0.1) is 5.10 Å². The van der Waals surface area contributed by atoms with Crippen molar-refractivity contribution in [3.05, 3.63) is 84.3 Å². The number of hydrogen-bond donors (Lipinski definition) is 0. The lowest BCUT2D eigenvalue weighted by Gasteiger charge is -2.14. The van der Waals surface area contributed by atoms with Crippen LogP contribution < -0.4 is 0 Å². The summed E-state index contributed by atoms with van der Waals surface area (Å²) < 4.78 is 1.95. The van der Waals surface area contributed by atoms with E-state index in [1.165, 1.54) is 0 Å². The van der Waals surface area contributed by atoms with Crippen molar-refractivity contribution in [2.75, 3.05) is 0 Å². The summed E-state index contributed by atoms with van der Waals surface area (Å²) in [6.45, 7) is 2.12. The Morgan fingerprint density at radius 1 is 0.897 bits per heavy atom. The van der Waals surface area contributed by atoms with Crippen LogP contribution in [0, 0.1) is 11.3 Å². The van der Waals surface area contributed by atoms with Gasteiger partial charge >= 0.3 is 0 Å².